The van der Waals surface area contributed by atoms with E-state index >= 15 is 0 Å². The zero-order valence-electron chi connectivity index (χ0n) is 13.0. The lowest BCUT2D eigenvalue weighted by molar-refractivity contribution is -0.124. The monoisotopic (exact) mass is 357 g/mol. The number of nitrogens with zero attached hydrogens (tertiary/aromatic N) is 1. The maximum absolute atomic E-state index is 12.2. The molecule has 1 aromatic rings. The number of sulfonamides is 1. The summed E-state index contributed by atoms with van der Waals surface area (Å²) in [5, 5.41) is 2.81. The molecule has 2 heterocycles. The molecule has 4 atom stereocenters. The number of nitrogens with one attached hydrogen (secondary N) is 3. The number of carbonyl (C=O) groups is 1. The van der Waals surface area contributed by atoms with Crippen LogP contribution in [0.2, 0.25) is 0 Å². The van der Waals surface area contributed by atoms with Crippen molar-refractivity contribution >= 4 is 21.9 Å². The van der Waals surface area contributed by atoms with Gasteiger partial charge in [0.25, 0.3) is 5.56 Å². The third-order valence-corrected chi connectivity index (χ3v) is 4.92. The molecular weight excluding hydrogens is 338 g/mol. The van der Waals surface area contributed by atoms with Crippen LogP contribution >= 0.6 is 0 Å². The number of nitrogen functional groups attached to an aromatic ring is 1. The summed E-state index contributed by atoms with van der Waals surface area (Å²) in [4.78, 5) is 29.7. The van der Waals surface area contributed by atoms with Crippen LogP contribution in [0.15, 0.2) is 10.9 Å². The molecule has 10 nitrogen and oxygen atoms in total. The first-order valence-corrected chi connectivity index (χ1v) is 9.36. The summed E-state index contributed by atoms with van der Waals surface area (Å²) >= 11 is 0. The first-order chi connectivity index (χ1) is 11.2. The number of rotatable bonds is 5. The van der Waals surface area contributed by atoms with Crippen LogP contribution in [0.25, 0.3) is 0 Å². The summed E-state index contributed by atoms with van der Waals surface area (Å²) in [6.07, 6.45) is 1.48. The van der Waals surface area contributed by atoms with Crippen molar-refractivity contribution in [3.63, 3.8) is 0 Å². The molecule has 0 aromatic carbocycles. The minimum atomic E-state index is -3.42. The molecule has 11 heteroatoms. The van der Waals surface area contributed by atoms with Gasteiger partial charge in [-0.05, 0) is 6.42 Å². The molecule has 1 aromatic heterocycles. The molecule has 0 radical (unpaired) electrons. The fraction of sp³-hybridized carbons (Fsp3) is 0.615. The predicted molar refractivity (Wildman–Crippen MR) is 84.5 cm³/mol. The van der Waals surface area contributed by atoms with E-state index in [4.69, 9.17) is 10.5 Å². The number of fused-ring (bicyclic) bond motifs is 1. The van der Waals surface area contributed by atoms with Gasteiger partial charge in [-0.1, -0.05) is 0 Å². The van der Waals surface area contributed by atoms with E-state index in [2.05, 4.69) is 20.0 Å². The van der Waals surface area contributed by atoms with Gasteiger partial charge in [-0.2, -0.15) is 0 Å². The van der Waals surface area contributed by atoms with Gasteiger partial charge in [0, 0.05) is 18.6 Å². The number of hydrogen-bond donors (Lipinski definition) is 4. The van der Waals surface area contributed by atoms with Crippen molar-refractivity contribution < 1.29 is 17.9 Å². The molecule has 2 aliphatic rings. The van der Waals surface area contributed by atoms with E-state index in [-0.39, 0.29) is 42.0 Å². The van der Waals surface area contributed by atoms with E-state index in [0.717, 1.165) is 12.7 Å². The highest BCUT2D eigenvalue weighted by atomic mass is 32.2. The Hall–Kier alpha value is -1.98. The molecule has 1 aliphatic heterocycles. The van der Waals surface area contributed by atoms with Crippen LogP contribution in [0.3, 0.4) is 0 Å². The van der Waals surface area contributed by atoms with E-state index in [1.807, 2.05) is 0 Å². The zero-order valence-corrected chi connectivity index (χ0v) is 13.8. The van der Waals surface area contributed by atoms with Crippen molar-refractivity contribution in [3.8, 4) is 0 Å². The third kappa shape index (κ3) is 3.57. The number of amides is 1. The van der Waals surface area contributed by atoms with Crippen molar-refractivity contribution in [2.45, 2.75) is 31.0 Å². The Balaban J connectivity index is 1.67. The van der Waals surface area contributed by atoms with Crippen LogP contribution in [-0.4, -0.2) is 55.3 Å². The average Bonchev–Trinajstić information content (AvgIpc) is 2.85. The Bertz CT molecular complexity index is 807. The van der Waals surface area contributed by atoms with Crippen molar-refractivity contribution in [2.75, 3.05) is 18.6 Å². The molecule has 5 N–H and O–H groups in total. The largest absolute Gasteiger partial charge is 0.376 e. The third-order valence-electron chi connectivity index (χ3n) is 4.22. The number of aromatic amines is 1. The number of H-pyrrole nitrogens is 1. The zero-order chi connectivity index (χ0) is 17.5. The van der Waals surface area contributed by atoms with Crippen LogP contribution in [0, 0.1) is 5.92 Å². The van der Waals surface area contributed by atoms with Gasteiger partial charge in [0.15, 0.2) is 0 Å². The molecule has 1 aliphatic carbocycles. The van der Waals surface area contributed by atoms with Gasteiger partial charge in [-0.3, -0.25) is 14.6 Å². The second-order valence-corrected chi connectivity index (χ2v) is 7.88. The van der Waals surface area contributed by atoms with Crippen LogP contribution in [0.1, 0.15) is 12.1 Å². The smallest absolute Gasteiger partial charge is 0.252 e. The summed E-state index contributed by atoms with van der Waals surface area (Å²) in [5.74, 6) is -0.344. The van der Waals surface area contributed by atoms with Crippen LogP contribution in [0.5, 0.6) is 0 Å². The summed E-state index contributed by atoms with van der Waals surface area (Å²) in [6, 6.07) is 0.359. The Morgan fingerprint density at radius 3 is 2.92 bits per heavy atom. The van der Waals surface area contributed by atoms with Gasteiger partial charge < -0.3 is 15.8 Å². The van der Waals surface area contributed by atoms with Gasteiger partial charge in [0.2, 0.25) is 21.9 Å². The molecule has 0 unspecified atom stereocenters. The molecule has 1 amide bonds. The van der Waals surface area contributed by atoms with E-state index < -0.39 is 21.6 Å². The van der Waals surface area contributed by atoms with Crippen molar-refractivity contribution in [1.29, 1.82) is 0 Å². The second-order valence-electron chi connectivity index (χ2n) is 6.10. The molecule has 132 valence electrons. The minimum absolute atomic E-state index is 0.0604. The summed E-state index contributed by atoms with van der Waals surface area (Å²) in [5.41, 5.74) is 5.26. The number of anilines is 1. The van der Waals surface area contributed by atoms with Gasteiger partial charge in [-0.25, -0.2) is 18.1 Å². The lowest BCUT2D eigenvalue weighted by atomic mass is 9.72. The van der Waals surface area contributed by atoms with E-state index in [9.17, 15) is 18.0 Å². The maximum Gasteiger partial charge on any atom is 0.252 e. The van der Waals surface area contributed by atoms with Gasteiger partial charge in [-0.15, -0.1) is 0 Å². The topological polar surface area (TPSA) is 156 Å². The Morgan fingerprint density at radius 1 is 1.50 bits per heavy atom. The molecule has 1 saturated carbocycles. The van der Waals surface area contributed by atoms with E-state index in [1.165, 1.54) is 6.07 Å². The molecule has 3 rings (SSSR count). The highest BCUT2D eigenvalue weighted by molar-refractivity contribution is 7.88. The standard InChI is InChI=1S/C13H19N5O5S/c1-24(21,22)18-11-10(7-2-3-23-12(7)11)16-8(19)4-6-5-9(20)17-13(14)15-6/h5,7,10-12,18H,2-4H2,1H3,(H,16,19)(H3,14,15,17,20)/t7-,10+,11-,12-/m1/s1. The minimum Gasteiger partial charge on any atom is -0.376 e. The average molecular weight is 357 g/mol. The molecule has 2 fully saturated rings. The molecule has 24 heavy (non-hydrogen) atoms. The second kappa shape index (κ2) is 6.15. The lowest BCUT2D eigenvalue weighted by Crippen LogP contribution is -2.70. The molecule has 0 bridgehead atoms. The first kappa shape index (κ1) is 16.9. The van der Waals surface area contributed by atoms with Crippen molar-refractivity contribution in [1.82, 2.24) is 20.0 Å². The summed E-state index contributed by atoms with van der Waals surface area (Å²) in [7, 11) is -3.42. The fourth-order valence-corrected chi connectivity index (χ4v) is 4.09. The van der Waals surface area contributed by atoms with E-state index in [1.54, 1.807) is 0 Å². The quantitative estimate of drug-likeness (QED) is 0.462. The number of carbonyl (C=O) groups excluding carboxylic acids is 1. The first-order valence-electron chi connectivity index (χ1n) is 7.47. The fourth-order valence-electron chi connectivity index (χ4n) is 3.31. The molecule has 0 spiro atoms. The number of nitrogens with two attached hydrogens (primary N) is 1. The normalized spacial score (nSPS) is 28.9. The van der Waals surface area contributed by atoms with Crippen LogP contribution in [0.4, 0.5) is 5.95 Å². The van der Waals surface area contributed by atoms with Crippen molar-refractivity contribution in [3.05, 3.63) is 22.1 Å². The highest BCUT2D eigenvalue weighted by Gasteiger charge is 2.55. The van der Waals surface area contributed by atoms with Crippen LogP contribution < -0.4 is 21.3 Å². The van der Waals surface area contributed by atoms with Gasteiger partial charge >= 0.3 is 0 Å². The molecular formula is C13H19N5O5S. The van der Waals surface area contributed by atoms with Gasteiger partial charge in [0.1, 0.15) is 0 Å². The predicted octanol–water partition coefficient (Wildman–Crippen LogP) is -2.28. The maximum atomic E-state index is 12.2. The number of hydrogen-bond acceptors (Lipinski definition) is 7. The van der Waals surface area contributed by atoms with Crippen LogP contribution in [-0.2, 0) is 26.0 Å². The Kier molecular flexibility index (Phi) is 4.32. The van der Waals surface area contributed by atoms with E-state index in [0.29, 0.717) is 6.61 Å². The Morgan fingerprint density at radius 2 is 2.25 bits per heavy atom. The Labute approximate surface area is 138 Å². The number of ether oxygens (including phenoxy) is 1. The SMILES string of the molecule is CS(=O)(=O)N[C@@H]1[C@@H](NC(=O)Cc2cc(=O)[nH]c(N)n2)[C@H]2CCO[C@H]21. The summed E-state index contributed by atoms with van der Waals surface area (Å²) in [6.45, 7) is 0.537. The van der Waals surface area contributed by atoms with Crippen molar-refractivity contribution in [2.24, 2.45) is 5.92 Å². The number of aromatic nitrogens is 2. The van der Waals surface area contributed by atoms with Gasteiger partial charge in [0.05, 0.1) is 36.6 Å². The molecule has 1 saturated heterocycles. The highest BCUT2D eigenvalue weighted by Crippen LogP contribution is 2.39. The lowest BCUT2D eigenvalue weighted by Gasteiger charge is -2.47. The summed E-state index contributed by atoms with van der Waals surface area (Å²) < 4.78 is 31.0.